The molecule has 1 aromatic heterocycles. The number of anilines is 1. The first-order valence-electron chi connectivity index (χ1n) is 6.43. The number of nitrogens with zero attached hydrogens (tertiary/aromatic N) is 2. The molecule has 0 saturated carbocycles. The van der Waals surface area contributed by atoms with E-state index in [1.807, 2.05) is 20.8 Å². The molecule has 3 N–H and O–H groups in total. The highest BCUT2D eigenvalue weighted by molar-refractivity contribution is 6.31. The molecule has 0 saturated heterocycles. The summed E-state index contributed by atoms with van der Waals surface area (Å²) < 4.78 is 5.17. The fourth-order valence-corrected chi connectivity index (χ4v) is 1.85. The number of primary amides is 1. The molecule has 0 fully saturated rings. The lowest BCUT2D eigenvalue weighted by molar-refractivity contribution is 0.100. The van der Waals surface area contributed by atoms with E-state index >= 15 is 0 Å². The number of carbonyl (C=O) groups is 1. The molecular formula is C14H17ClN4O2. The van der Waals surface area contributed by atoms with Gasteiger partial charge in [0.25, 0.3) is 5.91 Å². The zero-order valence-corrected chi connectivity index (χ0v) is 12.9. The number of rotatable bonds is 4. The second-order valence-corrected chi connectivity index (χ2v) is 6.11. The summed E-state index contributed by atoms with van der Waals surface area (Å²) >= 11 is 5.86. The molecule has 0 unspecified atom stereocenters. The van der Waals surface area contributed by atoms with Gasteiger partial charge in [0.2, 0.25) is 5.89 Å². The summed E-state index contributed by atoms with van der Waals surface area (Å²) in [6.07, 6.45) is 0. The van der Waals surface area contributed by atoms with E-state index in [2.05, 4.69) is 15.5 Å². The highest BCUT2D eigenvalue weighted by Gasteiger charge is 2.21. The zero-order chi connectivity index (χ0) is 15.6. The minimum Gasteiger partial charge on any atom is -0.375 e. The van der Waals surface area contributed by atoms with Gasteiger partial charge in [0.05, 0.1) is 12.1 Å². The van der Waals surface area contributed by atoms with Crippen LogP contribution in [0.4, 0.5) is 5.69 Å². The minimum atomic E-state index is -0.555. The van der Waals surface area contributed by atoms with Gasteiger partial charge >= 0.3 is 0 Å². The van der Waals surface area contributed by atoms with E-state index in [0.29, 0.717) is 34.5 Å². The molecule has 0 bridgehead atoms. The predicted molar refractivity (Wildman–Crippen MR) is 80.3 cm³/mol. The van der Waals surface area contributed by atoms with Crippen LogP contribution < -0.4 is 11.1 Å². The summed E-state index contributed by atoms with van der Waals surface area (Å²) in [5, 5.41) is 7.43. The largest absolute Gasteiger partial charge is 0.375 e. The number of hydrogen-bond acceptors (Lipinski definition) is 5. The Hall–Kier alpha value is -2.08. The van der Waals surface area contributed by atoms with Gasteiger partial charge in [-0.3, -0.25) is 4.79 Å². The van der Waals surface area contributed by atoms with Crippen molar-refractivity contribution in [3.63, 3.8) is 0 Å². The van der Waals surface area contributed by atoms with Crippen molar-refractivity contribution < 1.29 is 9.32 Å². The molecule has 7 heteroatoms. The van der Waals surface area contributed by atoms with Crippen LogP contribution in [0.3, 0.4) is 0 Å². The summed E-state index contributed by atoms with van der Waals surface area (Å²) in [5.41, 5.74) is 6.03. The average Bonchev–Trinajstić information content (AvgIpc) is 2.85. The molecule has 2 aromatic rings. The Morgan fingerprint density at radius 3 is 2.71 bits per heavy atom. The minimum absolute atomic E-state index is 0.180. The van der Waals surface area contributed by atoms with Gasteiger partial charge in [-0.1, -0.05) is 37.5 Å². The number of aromatic nitrogens is 2. The molecule has 1 amide bonds. The van der Waals surface area contributed by atoms with Crippen molar-refractivity contribution in [2.24, 2.45) is 5.73 Å². The number of amides is 1. The van der Waals surface area contributed by atoms with E-state index in [0.717, 1.165) is 0 Å². The second kappa shape index (κ2) is 5.73. The van der Waals surface area contributed by atoms with Crippen LogP contribution in [0.2, 0.25) is 5.02 Å². The fourth-order valence-electron chi connectivity index (χ4n) is 1.68. The molecule has 0 aliphatic carbocycles. The number of nitrogens with one attached hydrogen (secondary N) is 1. The fraction of sp³-hybridized carbons (Fsp3) is 0.357. The average molecular weight is 309 g/mol. The van der Waals surface area contributed by atoms with Crippen molar-refractivity contribution in [1.82, 2.24) is 10.1 Å². The highest BCUT2D eigenvalue weighted by Crippen LogP contribution is 2.22. The predicted octanol–water partition coefficient (Wildman–Crippen LogP) is 2.73. The maximum atomic E-state index is 11.4. The smallest absolute Gasteiger partial charge is 0.250 e. The Kier molecular flexibility index (Phi) is 4.18. The van der Waals surface area contributed by atoms with Crippen molar-refractivity contribution in [1.29, 1.82) is 0 Å². The molecule has 0 aliphatic rings. The van der Waals surface area contributed by atoms with Crippen LogP contribution >= 0.6 is 11.6 Å². The molecule has 112 valence electrons. The lowest BCUT2D eigenvalue weighted by atomic mass is 9.96. The Morgan fingerprint density at radius 1 is 1.43 bits per heavy atom. The maximum Gasteiger partial charge on any atom is 0.250 e. The normalized spacial score (nSPS) is 11.4. The summed E-state index contributed by atoms with van der Waals surface area (Å²) in [5.74, 6) is 0.511. The van der Waals surface area contributed by atoms with E-state index in [1.165, 1.54) is 6.07 Å². The third kappa shape index (κ3) is 3.72. The van der Waals surface area contributed by atoms with E-state index in [9.17, 15) is 4.79 Å². The number of carbonyl (C=O) groups excluding carboxylic acids is 1. The molecule has 21 heavy (non-hydrogen) atoms. The van der Waals surface area contributed by atoms with Gasteiger partial charge in [-0.15, -0.1) is 0 Å². The van der Waals surface area contributed by atoms with Crippen LogP contribution in [-0.2, 0) is 12.0 Å². The van der Waals surface area contributed by atoms with E-state index < -0.39 is 5.91 Å². The molecule has 2 rings (SSSR count). The van der Waals surface area contributed by atoms with Gasteiger partial charge in [-0.2, -0.15) is 4.98 Å². The second-order valence-electron chi connectivity index (χ2n) is 5.67. The Morgan fingerprint density at radius 2 is 2.14 bits per heavy atom. The van der Waals surface area contributed by atoms with Gasteiger partial charge in [0, 0.05) is 16.1 Å². The van der Waals surface area contributed by atoms with Gasteiger partial charge in [0.1, 0.15) is 0 Å². The van der Waals surface area contributed by atoms with Crippen molar-refractivity contribution in [3.8, 4) is 0 Å². The molecule has 0 atom stereocenters. The number of benzene rings is 1. The quantitative estimate of drug-likeness (QED) is 0.905. The van der Waals surface area contributed by atoms with E-state index in [4.69, 9.17) is 21.9 Å². The first-order chi connectivity index (χ1) is 9.77. The lowest BCUT2D eigenvalue weighted by Gasteiger charge is -2.11. The van der Waals surface area contributed by atoms with Crippen molar-refractivity contribution in [3.05, 3.63) is 40.5 Å². The van der Waals surface area contributed by atoms with E-state index in [-0.39, 0.29) is 5.41 Å². The first kappa shape index (κ1) is 15.3. The van der Waals surface area contributed by atoms with Gasteiger partial charge in [0.15, 0.2) is 5.82 Å². The van der Waals surface area contributed by atoms with Crippen LogP contribution in [0, 0.1) is 0 Å². The van der Waals surface area contributed by atoms with Crippen molar-refractivity contribution in [2.75, 3.05) is 5.32 Å². The lowest BCUT2D eigenvalue weighted by Crippen LogP contribution is -2.15. The van der Waals surface area contributed by atoms with Crippen molar-refractivity contribution >= 4 is 23.2 Å². The van der Waals surface area contributed by atoms with E-state index in [1.54, 1.807) is 12.1 Å². The summed E-state index contributed by atoms with van der Waals surface area (Å²) in [7, 11) is 0. The van der Waals surface area contributed by atoms with Crippen LogP contribution in [0.5, 0.6) is 0 Å². The van der Waals surface area contributed by atoms with Crippen LogP contribution in [-0.4, -0.2) is 16.0 Å². The molecule has 6 nitrogen and oxygen atoms in total. The molecule has 0 radical (unpaired) electrons. The summed E-state index contributed by atoms with van der Waals surface area (Å²) in [4.78, 5) is 15.7. The monoisotopic (exact) mass is 308 g/mol. The SMILES string of the molecule is CC(C)(C)c1noc(CNc2ccc(Cl)cc2C(N)=O)n1. The van der Waals surface area contributed by atoms with Gasteiger partial charge in [-0.05, 0) is 18.2 Å². The van der Waals surface area contributed by atoms with Gasteiger partial charge in [-0.25, -0.2) is 0 Å². The van der Waals surface area contributed by atoms with Crippen LogP contribution in [0.25, 0.3) is 0 Å². The molecule has 1 aromatic carbocycles. The summed E-state index contributed by atoms with van der Waals surface area (Å²) in [6.45, 7) is 6.29. The standard InChI is InChI=1S/C14H17ClN4O2/c1-14(2,3)13-18-11(21-19-13)7-17-10-5-4-8(15)6-9(10)12(16)20/h4-6,17H,7H2,1-3H3,(H2,16,20). The van der Waals surface area contributed by atoms with Crippen molar-refractivity contribution in [2.45, 2.75) is 32.7 Å². The third-order valence-corrected chi connectivity index (χ3v) is 3.05. The highest BCUT2D eigenvalue weighted by atomic mass is 35.5. The molecular weight excluding hydrogens is 292 g/mol. The first-order valence-corrected chi connectivity index (χ1v) is 6.81. The maximum absolute atomic E-state index is 11.4. The topological polar surface area (TPSA) is 94.0 Å². The Bertz CT molecular complexity index is 661. The molecule has 1 heterocycles. The molecule has 0 spiro atoms. The number of nitrogens with two attached hydrogens (primary N) is 1. The Labute approximate surface area is 127 Å². The van der Waals surface area contributed by atoms with Gasteiger partial charge < -0.3 is 15.6 Å². The number of halogens is 1. The van der Waals surface area contributed by atoms with Crippen LogP contribution in [0.15, 0.2) is 22.7 Å². The molecule has 0 aliphatic heterocycles. The third-order valence-electron chi connectivity index (χ3n) is 2.82. The zero-order valence-electron chi connectivity index (χ0n) is 12.1. The number of hydrogen-bond donors (Lipinski definition) is 2. The summed E-state index contributed by atoms with van der Waals surface area (Å²) in [6, 6.07) is 4.87. The van der Waals surface area contributed by atoms with Crippen LogP contribution in [0.1, 0.15) is 42.8 Å². The Balaban J connectivity index is 2.13.